The van der Waals surface area contributed by atoms with Crippen LogP contribution < -0.4 is 5.32 Å². The monoisotopic (exact) mass is 422 g/mol. The number of aromatic nitrogens is 3. The summed E-state index contributed by atoms with van der Waals surface area (Å²) in [7, 11) is 1.62. The number of halogens is 4. The number of benzene rings is 1. The third-order valence-electron chi connectivity index (χ3n) is 5.33. The fourth-order valence-corrected chi connectivity index (χ4v) is 3.12. The molecule has 0 fully saturated rings. The number of amides is 1. The first-order chi connectivity index (χ1) is 14.0. The average Bonchev–Trinajstić information content (AvgIpc) is 3.06. The second kappa shape index (κ2) is 7.70. The molecule has 9 heteroatoms. The zero-order chi connectivity index (χ0) is 22.3. The lowest BCUT2D eigenvalue weighted by atomic mass is 9.87. The first-order valence-corrected chi connectivity index (χ1v) is 9.31. The van der Waals surface area contributed by atoms with Gasteiger partial charge in [-0.1, -0.05) is 6.07 Å². The predicted octanol–water partition coefficient (Wildman–Crippen LogP) is 4.77. The number of carbonyl (C=O) groups excluding carboxylic acids is 1. The van der Waals surface area contributed by atoms with Crippen molar-refractivity contribution in [3.8, 4) is 0 Å². The van der Waals surface area contributed by atoms with Crippen LogP contribution in [0.1, 0.15) is 54.1 Å². The summed E-state index contributed by atoms with van der Waals surface area (Å²) in [6.07, 6.45) is -2.93. The zero-order valence-corrected chi connectivity index (χ0v) is 17.0. The molecule has 1 amide bonds. The van der Waals surface area contributed by atoms with E-state index in [2.05, 4.69) is 15.4 Å². The third-order valence-corrected chi connectivity index (χ3v) is 5.33. The Kier molecular flexibility index (Phi) is 5.58. The smallest absolute Gasteiger partial charge is 0.345 e. The number of rotatable bonds is 5. The van der Waals surface area contributed by atoms with E-state index in [1.54, 1.807) is 20.0 Å². The molecule has 0 bridgehead atoms. The van der Waals surface area contributed by atoms with Gasteiger partial charge in [-0.25, -0.2) is 4.39 Å². The van der Waals surface area contributed by atoms with Gasteiger partial charge in [0, 0.05) is 23.6 Å². The van der Waals surface area contributed by atoms with E-state index in [4.69, 9.17) is 0 Å². The van der Waals surface area contributed by atoms with Crippen molar-refractivity contribution >= 4 is 16.8 Å². The summed E-state index contributed by atoms with van der Waals surface area (Å²) in [5.74, 6) is -0.391. The van der Waals surface area contributed by atoms with Gasteiger partial charge in [0.1, 0.15) is 12.1 Å². The molecule has 1 N–H and O–H groups in total. The zero-order valence-electron chi connectivity index (χ0n) is 17.0. The highest BCUT2D eigenvalue weighted by Crippen LogP contribution is 2.39. The molecule has 0 saturated heterocycles. The van der Waals surface area contributed by atoms with Crippen LogP contribution in [0.2, 0.25) is 0 Å². The van der Waals surface area contributed by atoms with Crippen LogP contribution in [0.4, 0.5) is 17.6 Å². The molecular weight excluding hydrogens is 400 g/mol. The number of fused-ring (bicyclic) bond motifs is 1. The molecule has 0 aliphatic rings. The second-order valence-electron chi connectivity index (χ2n) is 7.73. The third kappa shape index (κ3) is 3.88. The lowest BCUT2D eigenvalue weighted by molar-refractivity contribution is -0.181. The number of pyridine rings is 1. The van der Waals surface area contributed by atoms with Crippen molar-refractivity contribution in [2.45, 2.75) is 45.1 Å². The Balaban J connectivity index is 1.85. The second-order valence-corrected chi connectivity index (χ2v) is 7.73. The van der Waals surface area contributed by atoms with Gasteiger partial charge in [0.05, 0.1) is 29.1 Å². The van der Waals surface area contributed by atoms with Crippen LogP contribution in [0, 0.1) is 0 Å². The van der Waals surface area contributed by atoms with Gasteiger partial charge in [0.15, 0.2) is 0 Å². The van der Waals surface area contributed by atoms with Crippen LogP contribution in [-0.2, 0) is 19.1 Å². The van der Waals surface area contributed by atoms with Gasteiger partial charge in [-0.05, 0) is 45.0 Å². The van der Waals surface area contributed by atoms with E-state index in [1.165, 1.54) is 35.1 Å². The summed E-state index contributed by atoms with van der Waals surface area (Å²) in [6, 6.07) is 6.95. The van der Waals surface area contributed by atoms with Crippen molar-refractivity contribution in [1.29, 1.82) is 0 Å². The van der Waals surface area contributed by atoms with E-state index in [9.17, 15) is 22.4 Å². The van der Waals surface area contributed by atoms with Crippen LogP contribution in [0.25, 0.3) is 10.9 Å². The number of nitrogens with one attached hydrogen (secondary N) is 1. The lowest BCUT2D eigenvalue weighted by Gasteiger charge is -2.27. The Morgan fingerprint density at radius 3 is 2.53 bits per heavy atom. The normalized spacial score (nSPS) is 13.5. The maximum atomic E-state index is 13.3. The van der Waals surface area contributed by atoms with Gasteiger partial charge in [0.25, 0.3) is 5.91 Å². The van der Waals surface area contributed by atoms with E-state index in [1.807, 2.05) is 0 Å². The molecule has 5 nitrogen and oxygen atoms in total. The summed E-state index contributed by atoms with van der Waals surface area (Å²) >= 11 is 0. The fourth-order valence-electron chi connectivity index (χ4n) is 3.12. The molecule has 0 radical (unpaired) electrons. The molecule has 30 heavy (non-hydrogen) atoms. The lowest BCUT2D eigenvalue weighted by Crippen LogP contribution is -2.37. The number of aryl methyl sites for hydroxylation is 1. The molecule has 0 spiro atoms. The molecule has 2 aromatic heterocycles. The molecule has 3 aromatic rings. The highest BCUT2D eigenvalue weighted by Gasteiger charge is 2.49. The van der Waals surface area contributed by atoms with Crippen molar-refractivity contribution in [2.75, 3.05) is 0 Å². The van der Waals surface area contributed by atoms with Crippen molar-refractivity contribution in [2.24, 2.45) is 7.05 Å². The quantitative estimate of drug-likeness (QED) is 0.603. The van der Waals surface area contributed by atoms with E-state index >= 15 is 0 Å². The summed E-state index contributed by atoms with van der Waals surface area (Å²) < 4.78 is 54.5. The minimum atomic E-state index is -4.44. The molecule has 0 aliphatic carbocycles. The Morgan fingerprint density at radius 2 is 1.90 bits per heavy atom. The van der Waals surface area contributed by atoms with Crippen LogP contribution in [0.15, 0.2) is 36.5 Å². The van der Waals surface area contributed by atoms with Gasteiger partial charge >= 0.3 is 6.18 Å². The standard InChI is InChI=1S/C21H22F4N4O/c1-12(15-11-26-29(4)17(15)10-22)27-19(30)14-5-7-16-13(9-14)6-8-18(28-16)20(2,3)21(23,24)25/h5-9,11-12H,10H2,1-4H3,(H,27,30)/t12-/m0/s1. The molecule has 0 saturated carbocycles. The van der Waals surface area contributed by atoms with Crippen molar-refractivity contribution in [3.63, 3.8) is 0 Å². The van der Waals surface area contributed by atoms with Gasteiger partial charge < -0.3 is 5.32 Å². The Bertz CT molecular complexity index is 1090. The number of nitrogens with zero attached hydrogens (tertiary/aromatic N) is 3. The topological polar surface area (TPSA) is 59.8 Å². The maximum absolute atomic E-state index is 13.3. The minimum absolute atomic E-state index is 0.0938. The average molecular weight is 422 g/mol. The highest BCUT2D eigenvalue weighted by molar-refractivity contribution is 5.98. The van der Waals surface area contributed by atoms with Crippen molar-refractivity contribution < 1.29 is 22.4 Å². The number of carbonyl (C=O) groups is 1. The first-order valence-electron chi connectivity index (χ1n) is 9.31. The number of alkyl halides is 4. The molecule has 2 heterocycles. The summed E-state index contributed by atoms with van der Waals surface area (Å²) in [5.41, 5.74) is -0.542. The number of hydrogen-bond donors (Lipinski definition) is 1. The molecule has 160 valence electrons. The van der Waals surface area contributed by atoms with E-state index in [0.717, 1.165) is 13.8 Å². The summed E-state index contributed by atoms with van der Waals surface area (Å²) in [5, 5.41) is 7.35. The van der Waals surface area contributed by atoms with Gasteiger partial charge in [-0.15, -0.1) is 0 Å². The van der Waals surface area contributed by atoms with Crippen molar-refractivity contribution in [3.05, 3.63) is 59.0 Å². The largest absolute Gasteiger partial charge is 0.399 e. The van der Waals surface area contributed by atoms with Crippen LogP contribution in [-0.4, -0.2) is 26.8 Å². The van der Waals surface area contributed by atoms with Gasteiger partial charge in [0.2, 0.25) is 0 Å². The number of hydrogen-bond acceptors (Lipinski definition) is 3. The van der Waals surface area contributed by atoms with Crippen molar-refractivity contribution in [1.82, 2.24) is 20.1 Å². The van der Waals surface area contributed by atoms with E-state index < -0.39 is 30.2 Å². The Labute approximate surface area is 171 Å². The molecule has 1 aromatic carbocycles. The SMILES string of the molecule is C[C@H](NC(=O)c1ccc2nc(C(C)(C)C(F)(F)F)ccc2c1)c1cnn(C)c1CF. The minimum Gasteiger partial charge on any atom is -0.345 e. The molecule has 3 rings (SSSR count). The molecule has 0 unspecified atom stereocenters. The van der Waals surface area contributed by atoms with E-state index in [-0.39, 0.29) is 5.69 Å². The molecule has 0 aliphatic heterocycles. The van der Waals surface area contributed by atoms with Crippen LogP contribution in [0.5, 0.6) is 0 Å². The molecule has 1 atom stereocenters. The summed E-state index contributed by atoms with van der Waals surface area (Å²) in [6.45, 7) is 3.18. The van der Waals surface area contributed by atoms with Crippen LogP contribution >= 0.6 is 0 Å². The fraction of sp³-hybridized carbons (Fsp3) is 0.381. The Morgan fingerprint density at radius 1 is 1.20 bits per heavy atom. The predicted molar refractivity (Wildman–Crippen MR) is 105 cm³/mol. The summed E-state index contributed by atoms with van der Waals surface area (Å²) in [4.78, 5) is 16.8. The molecular formula is C21H22F4N4O. The first kappa shape index (κ1) is 21.7. The Hall–Kier alpha value is -2.97. The van der Waals surface area contributed by atoms with Crippen LogP contribution in [0.3, 0.4) is 0 Å². The van der Waals surface area contributed by atoms with Gasteiger partial charge in [-0.2, -0.15) is 18.3 Å². The van der Waals surface area contributed by atoms with Gasteiger partial charge in [-0.3, -0.25) is 14.5 Å². The highest BCUT2D eigenvalue weighted by atomic mass is 19.4. The maximum Gasteiger partial charge on any atom is 0.399 e. The van der Waals surface area contributed by atoms with E-state index in [0.29, 0.717) is 27.7 Å².